The van der Waals surface area contributed by atoms with Crippen LogP contribution in [0, 0.1) is 0 Å². The predicted octanol–water partition coefficient (Wildman–Crippen LogP) is 3.96. The molecule has 0 fully saturated rings. The Labute approximate surface area is 197 Å². The molecule has 0 aliphatic carbocycles. The van der Waals surface area contributed by atoms with Crippen LogP contribution in [0.2, 0.25) is 0 Å². The SMILES string of the molecule is CC(C)(C)NCC(O)c1cc(OC(=O)c2ccc(O)cc2)cc(OC(=O)c2ccc(O)cc2)c1. The van der Waals surface area contributed by atoms with Gasteiger partial charge in [-0.2, -0.15) is 0 Å². The zero-order valence-corrected chi connectivity index (χ0v) is 19.1. The van der Waals surface area contributed by atoms with Crippen LogP contribution in [-0.4, -0.2) is 39.3 Å². The predicted molar refractivity (Wildman–Crippen MR) is 125 cm³/mol. The van der Waals surface area contributed by atoms with E-state index in [0.29, 0.717) is 5.56 Å². The Hall–Kier alpha value is -3.88. The number of hydrogen-bond acceptors (Lipinski definition) is 8. The molecule has 0 aliphatic heterocycles. The van der Waals surface area contributed by atoms with E-state index in [9.17, 15) is 24.9 Å². The molecule has 8 nitrogen and oxygen atoms in total. The van der Waals surface area contributed by atoms with Crippen LogP contribution in [0.25, 0.3) is 0 Å². The van der Waals surface area contributed by atoms with Crippen molar-refractivity contribution >= 4 is 11.9 Å². The molecule has 0 bridgehead atoms. The number of ether oxygens (including phenoxy) is 2. The van der Waals surface area contributed by atoms with Gasteiger partial charge in [0.05, 0.1) is 17.2 Å². The molecule has 0 aromatic heterocycles. The van der Waals surface area contributed by atoms with Crippen LogP contribution in [0.1, 0.15) is 53.2 Å². The summed E-state index contributed by atoms with van der Waals surface area (Å²) in [5.74, 6) is -1.21. The number of β-amino-alcohol motifs (C(OH)–C–C–N with tert-alkyl or cyclic N) is 1. The molecule has 1 unspecified atom stereocenters. The molecule has 34 heavy (non-hydrogen) atoms. The maximum absolute atomic E-state index is 12.5. The lowest BCUT2D eigenvalue weighted by molar-refractivity contribution is 0.0731. The molecule has 8 heteroatoms. The molecule has 0 aliphatic rings. The van der Waals surface area contributed by atoms with E-state index >= 15 is 0 Å². The highest BCUT2D eigenvalue weighted by molar-refractivity contribution is 5.92. The monoisotopic (exact) mass is 465 g/mol. The Kier molecular flexibility index (Phi) is 7.55. The van der Waals surface area contributed by atoms with Gasteiger partial charge in [0, 0.05) is 18.2 Å². The minimum atomic E-state index is -0.974. The van der Waals surface area contributed by atoms with Crippen LogP contribution in [-0.2, 0) is 0 Å². The summed E-state index contributed by atoms with van der Waals surface area (Å²) < 4.78 is 10.9. The highest BCUT2D eigenvalue weighted by Gasteiger charge is 2.18. The highest BCUT2D eigenvalue weighted by atomic mass is 16.5. The van der Waals surface area contributed by atoms with Gasteiger partial charge >= 0.3 is 11.9 Å². The molecule has 0 heterocycles. The minimum Gasteiger partial charge on any atom is -0.508 e. The number of phenols is 2. The van der Waals surface area contributed by atoms with Crippen molar-refractivity contribution in [3.05, 3.63) is 83.4 Å². The zero-order valence-electron chi connectivity index (χ0n) is 19.1. The normalized spacial score (nSPS) is 12.1. The molecular formula is C26H27NO7. The number of nitrogens with one attached hydrogen (secondary N) is 1. The Morgan fingerprint density at radius 1 is 0.794 bits per heavy atom. The number of benzene rings is 3. The molecule has 0 radical (unpaired) electrons. The van der Waals surface area contributed by atoms with E-state index in [-0.39, 0.29) is 46.2 Å². The highest BCUT2D eigenvalue weighted by Crippen LogP contribution is 2.28. The fourth-order valence-corrected chi connectivity index (χ4v) is 2.95. The quantitative estimate of drug-likeness (QED) is 0.305. The summed E-state index contributed by atoms with van der Waals surface area (Å²) in [6.07, 6.45) is -0.974. The number of esters is 2. The summed E-state index contributed by atoms with van der Waals surface area (Å²) in [6, 6.07) is 15.4. The fraction of sp³-hybridized carbons (Fsp3) is 0.231. The summed E-state index contributed by atoms with van der Waals surface area (Å²) in [7, 11) is 0. The number of carbonyl (C=O) groups is 2. The van der Waals surface area contributed by atoms with Crippen molar-refractivity contribution in [3.63, 3.8) is 0 Å². The van der Waals surface area contributed by atoms with E-state index in [4.69, 9.17) is 9.47 Å². The van der Waals surface area contributed by atoms with Gasteiger partial charge in [0.2, 0.25) is 0 Å². The van der Waals surface area contributed by atoms with E-state index in [1.54, 1.807) is 0 Å². The van der Waals surface area contributed by atoms with Crippen LogP contribution >= 0.6 is 0 Å². The first-order chi connectivity index (χ1) is 16.0. The Balaban J connectivity index is 1.87. The van der Waals surface area contributed by atoms with Crippen molar-refractivity contribution in [1.82, 2.24) is 5.32 Å². The molecule has 1 atom stereocenters. The molecule has 3 rings (SSSR count). The average Bonchev–Trinajstić information content (AvgIpc) is 2.77. The summed E-state index contributed by atoms with van der Waals surface area (Å²) in [5.41, 5.74) is 0.556. The zero-order chi connectivity index (χ0) is 24.9. The van der Waals surface area contributed by atoms with Crippen LogP contribution in [0.3, 0.4) is 0 Å². The van der Waals surface area contributed by atoms with E-state index < -0.39 is 18.0 Å². The van der Waals surface area contributed by atoms with Gasteiger partial charge in [0.25, 0.3) is 0 Å². The van der Waals surface area contributed by atoms with Crippen LogP contribution < -0.4 is 14.8 Å². The lowest BCUT2D eigenvalue weighted by Gasteiger charge is -2.23. The molecule has 0 spiro atoms. The van der Waals surface area contributed by atoms with Crippen LogP contribution in [0.4, 0.5) is 0 Å². The summed E-state index contributed by atoms with van der Waals surface area (Å²) >= 11 is 0. The first-order valence-electron chi connectivity index (χ1n) is 10.6. The van der Waals surface area contributed by atoms with E-state index in [1.165, 1.54) is 66.7 Å². The number of hydrogen-bond donors (Lipinski definition) is 4. The summed E-state index contributed by atoms with van der Waals surface area (Å²) in [6.45, 7) is 6.09. The largest absolute Gasteiger partial charge is 0.508 e. The van der Waals surface area contributed by atoms with Gasteiger partial charge < -0.3 is 30.1 Å². The van der Waals surface area contributed by atoms with Gasteiger partial charge in [-0.15, -0.1) is 0 Å². The van der Waals surface area contributed by atoms with Crippen LogP contribution in [0.5, 0.6) is 23.0 Å². The third kappa shape index (κ3) is 7.06. The number of aliphatic hydroxyl groups excluding tert-OH is 1. The smallest absolute Gasteiger partial charge is 0.343 e. The Bertz CT molecular complexity index is 1070. The van der Waals surface area contributed by atoms with Gasteiger partial charge in [-0.1, -0.05) is 0 Å². The van der Waals surface area contributed by atoms with Gasteiger partial charge in [0.15, 0.2) is 0 Å². The van der Waals surface area contributed by atoms with Crippen molar-refractivity contribution in [2.45, 2.75) is 32.4 Å². The molecule has 4 N–H and O–H groups in total. The molecule has 178 valence electrons. The molecule has 3 aromatic carbocycles. The van der Waals surface area contributed by atoms with Gasteiger partial charge in [0.1, 0.15) is 23.0 Å². The van der Waals surface area contributed by atoms with Gasteiger partial charge in [-0.05, 0) is 87.0 Å². The molecule has 0 saturated carbocycles. The fourth-order valence-electron chi connectivity index (χ4n) is 2.95. The van der Waals surface area contributed by atoms with Crippen molar-refractivity contribution < 1.29 is 34.4 Å². The Morgan fingerprint density at radius 2 is 1.21 bits per heavy atom. The summed E-state index contributed by atoms with van der Waals surface area (Å²) in [4.78, 5) is 25.1. The van der Waals surface area contributed by atoms with E-state index in [0.717, 1.165) is 0 Å². The van der Waals surface area contributed by atoms with E-state index in [1.807, 2.05) is 20.8 Å². The number of aliphatic hydroxyl groups is 1. The number of phenolic OH excluding ortho intramolecular Hbond substituents is 2. The van der Waals surface area contributed by atoms with E-state index in [2.05, 4.69) is 5.32 Å². The second kappa shape index (κ2) is 10.4. The van der Waals surface area contributed by atoms with Crippen molar-refractivity contribution in [2.75, 3.05) is 6.54 Å². The maximum atomic E-state index is 12.5. The number of carbonyl (C=O) groups excluding carboxylic acids is 2. The van der Waals surface area contributed by atoms with Crippen LogP contribution in [0.15, 0.2) is 66.7 Å². The first kappa shape index (κ1) is 24.8. The molecular weight excluding hydrogens is 438 g/mol. The molecule has 0 saturated heterocycles. The third-order valence-corrected chi connectivity index (χ3v) is 4.74. The van der Waals surface area contributed by atoms with Gasteiger partial charge in [-0.25, -0.2) is 9.59 Å². The average molecular weight is 466 g/mol. The number of aromatic hydroxyl groups is 2. The van der Waals surface area contributed by atoms with Crippen molar-refractivity contribution in [3.8, 4) is 23.0 Å². The lowest BCUT2D eigenvalue weighted by Crippen LogP contribution is -2.38. The maximum Gasteiger partial charge on any atom is 0.343 e. The minimum absolute atomic E-state index is 0.0106. The first-order valence-corrected chi connectivity index (χ1v) is 10.6. The van der Waals surface area contributed by atoms with Gasteiger partial charge in [-0.3, -0.25) is 0 Å². The lowest BCUT2D eigenvalue weighted by atomic mass is 10.1. The summed E-state index contributed by atoms with van der Waals surface area (Å²) in [5, 5.41) is 32.7. The second-order valence-electron chi connectivity index (χ2n) is 8.76. The molecule has 3 aromatic rings. The van der Waals surface area contributed by atoms with Crippen molar-refractivity contribution in [1.29, 1.82) is 0 Å². The number of rotatable bonds is 7. The van der Waals surface area contributed by atoms with Crippen molar-refractivity contribution in [2.24, 2.45) is 0 Å². The second-order valence-corrected chi connectivity index (χ2v) is 8.76. The molecule has 0 amide bonds. The standard InChI is InChI=1S/C26H27NO7/c1-26(2,3)27-15-23(30)18-12-21(33-24(31)16-4-8-19(28)9-5-16)14-22(13-18)34-25(32)17-6-10-20(29)11-7-17/h4-14,23,27-30H,15H2,1-3H3. The third-order valence-electron chi connectivity index (χ3n) is 4.74. The Morgan fingerprint density at radius 3 is 1.59 bits per heavy atom. The topological polar surface area (TPSA) is 125 Å².